The molecule has 1 aromatic carbocycles. The molecular formula is C15H13ClN2OS. The lowest BCUT2D eigenvalue weighted by atomic mass is 10.2. The molecule has 3 nitrogen and oxygen atoms in total. The van der Waals surface area contributed by atoms with Gasteiger partial charge in [-0.1, -0.05) is 35.9 Å². The first-order valence-corrected chi connectivity index (χ1v) is 7.71. The normalized spacial score (nSPS) is 18.6. The minimum absolute atomic E-state index is 0.0676. The molecule has 2 aromatic rings. The first-order chi connectivity index (χ1) is 9.66. The maximum Gasteiger partial charge on any atom is 0.239 e. The smallest absolute Gasteiger partial charge is 0.239 e. The van der Waals surface area contributed by atoms with E-state index in [1.807, 2.05) is 49.4 Å². The fourth-order valence-electron chi connectivity index (χ4n) is 2.24. The molecule has 0 bridgehead atoms. The third-order valence-electron chi connectivity index (χ3n) is 3.16. The molecule has 0 spiro atoms. The molecule has 3 rings (SSSR count). The quantitative estimate of drug-likeness (QED) is 0.845. The number of nitrogens with zero attached hydrogens (tertiary/aromatic N) is 2. The van der Waals surface area contributed by atoms with Crippen LogP contribution < -0.4 is 4.90 Å². The lowest BCUT2D eigenvalue weighted by Gasteiger charge is -2.24. The maximum atomic E-state index is 12.2. The van der Waals surface area contributed by atoms with Crippen LogP contribution >= 0.6 is 23.4 Å². The summed E-state index contributed by atoms with van der Waals surface area (Å²) in [5.74, 6) is 1.20. The van der Waals surface area contributed by atoms with Crippen molar-refractivity contribution in [3.8, 4) is 0 Å². The predicted molar refractivity (Wildman–Crippen MR) is 83.1 cm³/mol. The topological polar surface area (TPSA) is 33.2 Å². The second kappa shape index (κ2) is 5.46. The molecule has 1 aliphatic heterocycles. The largest absolute Gasteiger partial charge is 0.279 e. The molecule has 20 heavy (non-hydrogen) atoms. The summed E-state index contributed by atoms with van der Waals surface area (Å²) in [5.41, 5.74) is 1.85. The standard InChI is InChI=1S/C15H13ClN2OS/c1-10-5-4-8-13(17-10)18-14(19)9-20-15(18)11-6-2-3-7-12(11)16/h2-8,15H,9H2,1H3. The van der Waals surface area contributed by atoms with E-state index in [2.05, 4.69) is 4.98 Å². The number of anilines is 1. The third kappa shape index (κ3) is 2.41. The summed E-state index contributed by atoms with van der Waals surface area (Å²) >= 11 is 7.84. The summed E-state index contributed by atoms with van der Waals surface area (Å²) in [6, 6.07) is 13.3. The number of rotatable bonds is 2. The van der Waals surface area contributed by atoms with Crippen molar-refractivity contribution in [3.63, 3.8) is 0 Å². The van der Waals surface area contributed by atoms with Gasteiger partial charge in [-0.05, 0) is 25.1 Å². The Morgan fingerprint density at radius 1 is 1.25 bits per heavy atom. The van der Waals surface area contributed by atoms with Gasteiger partial charge in [0.05, 0.1) is 5.75 Å². The zero-order chi connectivity index (χ0) is 14.1. The first kappa shape index (κ1) is 13.5. The van der Waals surface area contributed by atoms with Crippen molar-refractivity contribution >= 4 is 35.1 Å². The Morgan fingerprint density at radius 2 is 2.05 bits per heavy atom. The van der Waals surface area contributed by atoms with Gasteiger partial charge in [-0.2, -0.15) is 0 Å². The molecule has 1 amide bonds. The van der Waals surface area contributed by atoms with Crippen LogP contribution in [0.15, 0.2) is 42.5 Å². The third-order valence-corrected chi connectivity index (χ3v) is 4.70. The molecule has 0 saturated carbocycles. The molecule has 0 aliphatic carbocycles. The van der Waals surface area contributed by atoms with E-state index in [9.17, 15) is 4.79 Å². The summed E-state index contributed by atoms with van der Waals surface area (Å²) in [4.78, 5) is 18.4. The van der Waals surface area contributed by atoms with E-state index < -0.39 is 0 Å². The van der Waals surface area contributed by atoms with Crippen LogP contribution in [0.25, 0.3) is 0 Å². The maximum absolute atomic E-state index is 12.2. The van der Waals surface area contributed by atoms with Crippen molar-refractivity contribution in [3.05, 3.63) is 58.7 Å². The summed E-state index contributed by atoms with van der Waals surface area (Å²) in [5, 5.41) is 0.572. The highest BCUT2D eigenvalue weighted by molar-refractivity contribution is 8.00. The Hall–Kier alpha value is -1.52. The molecule has 102 valence electrons. The van der Waals surface area contributed by atoms with Crippen molar-refractivity contribution in [1.29, 1.82) is 0 Å². The van der Waals surface area contributed by atoms with E-state index in [0.717, 1.165) is 11.3 Å². The van der Waals surface area contributed by atoms with Gasteiger partial charge in [-0.25, -0.2) is 4.98 Å². The molecule has 1 aromatic heterocycles. The zero-order valence-corrected chi connectivity index (χ0v) is 12.5. The van der Waals surface area contributed by atoms with Gasteiger partial charge in [0, 0.05) is 16.3 Å². The van der Waals surface area contributed by atoms with Gasteiger partial charge in [0.15, 0.2) is 0 Å². The molecule has 1 saturated heterocycles. The van der Waals surface area contributed by atoms with Crippen molar-refractivity contribution in [2.24, 2.45) is 0 Å². The summed E-state index contributed by atoms with van der Waals surface area (Å²) in [7, 11) is 0. The minimum Gasteiger partial charge on any atom is -0.279 e. The van der Waals surface area contributed by atoms with E-state index >= 15 is 0 Å². The van der Waals surface area contributed by atoms with E-state index in [-0.39, 0.29) is 11.3 Å². The molecule has 1 atom stereocenters. The Bertz CT molecular complexity index is 662. The number of aromatic nitrogens is 1. The number of pyridine rings is 1. The number of thioether (sulfide) groups is 1. The van der Waals surface area contributed by atoms with Crippen molar-refractivity contribution in [1.82, 2.24) is 4.98 Å². The van der Waals surface area contributed by atoms with Gasteiger partial charge in [0.1, 0.15) is 11.2 Å². The first-order valence-electron chi connectivity index (χ1n) is 6.28. The molecule has 1 fully saturated rings. The molecular weight excluding hydrogens is 292 g/mol. The van der Waals surface area contributed by atoms with Crippen molar-refractivity contribution in [2.45, 2.75) is 12.3 Å². The Labute approximate surface area is 127 Å². The Kier molecular flexibility index (Phi) is 3.68. The molecule has 2 heterocycles. The molecule has 0 N–H and O–H groups in total. The average molecular weight is 305 g/mol. The van der Waals surface area contributed by atoms with Gasteiger partial charge in [0.25, 0.3) is 0 Å². The van der Waals surface area contributed by atoms with Gasteiger partial charge in [-0.3, -0.25) is 9.69 Å². The van der Waals surface area contributed by atoms with Crippen LogP contribution in [0.4, 0.5) is 5.82 Å². The van der Waals surface area contributed by atoms with Crippen LogP contribution in [0.1, 0.15) is 16.6 Å². The number of halogens is 1. The van der Waals surface area contributed by atoms with E-state index in [0.29, 0.717) is 16.6 Å². The lowest BCUT2D eigenvalue weighted by molar-refractivity contribution is -0.115. The second-order valence-corrected chi connectivity index (χ2v) is 6.06. The number of hydrogen-bond donors (Lipinski definition) is 0. The van der Waals surface area contributed by atoms with Gasteiger partial charge >= 0.3 is 0 Å². The monoisotopic (exact) mass is 304 g/mol. The van der Waals surface area contributed by atoms with Gasteiger partial charge in [-0.15, -0.1) is 11.8 Å². The zero-order valence-electron chi connectivity index (χ0n) is 10.9. The van der Waals surface area contributed by atoms with Crippen LogP contribution in [0.2, 0.25) is 5.02 Å². The highest BCUT2D eigenvalue weighted by Crippen LogP contribution is 2.43. The number of hydrogen-bond acceptors (Lipinski definition) is 3. The molecule has 1 aliphatic rings. The molecule has 5 heteroatoms. The molecule has 1 unspecified atom stereocenters. The SMILES string of the molecule is Cc1cccc(N2C(=O)CSC2c2ccccc2Cl)n1. The summed E-state index contributed by atoms with van der Waals surface area (Å²) in [6.07, 6.45) is 0. The minimum atomic E-state index is -0.106. The van der Waals surface area contributed by atoms with Crippen LogP contribution in [-0.4, -0.2) is 16.6 Å². The lowest BCUT2D eigenvalue weighted by Crippen LogP contribution is -2.28. The predicted octanol–water partition coefficient (Wildman–Crippen LogP) is 3.82. The van der Waals surface area contributed by atoms with Crippen molar-refractivity contribution < 1.29 is 4.79 Å². The fraction of sp³-hybridized carbons (Fsp3) is 0.200. The van der Waals surface area contributed by atoms with Crippen molar-refractivity contribution in [2.75, 3.05) is 10.7 Å². The number of aryl methyl sites for hydroxylation is 1. The van der Waals surface area contributed by atoms with Crippen LogP contribution in [0.3, 0.4) is 0 Å². The van der Waals surface area contributed by atoms with Gasteiger partial charge in [0.2, 0.25) is 5.91 Å². The van der Waals surface area contributed by atoms with Crippen LogP contribution in [0, 0.1) is 6.92 Å². The average Bonchev–Trinajstić information content (AvgIpc) is 2.81. The van der Waals surface area contributed by atoms with Gasteiger partial charge < -0.3 is 0 Å². The Balaban J connectivity index is 2.03. The van der Waals surface area contributed by atoms with E-state index in [1.54, 1.807) is 16.7 Å². The highest BCUT2D eigenvalue weighted by Gasteiger charge is 2.35. The number of carbonyl (C=O) groups is 1. The van der Waals surface area contributed by atoms with Crippen LogP contribution in [-0.2, 0) is 4.79 Å². The van der Waals surface area contributed by atoms with E-state index in [1.165, 1.54) is 0 Å². The second-order valence-electron chi connectivity index (χ2n) is 4.59. The number of benzene rings is 1. The number of amides is 1. The summed E-state index contributed by atoms with van der Waals surface area (Å²) in [6.45, 7) is 1.92. The van der Waals surface area contributed by atoms with E-state index in [4.69, 9.17) is 11.6 Å². The highest BCUT2D eigenvalue weighted by atomic mass is 35.5. The summed E-state index contributed by atoms with van der Waals surface area (Å²) < 4.78 is 0. The number of carbonyl (C=O) groups excluding carboxylic acids is 1. The van der Waals surface area contributed by atoms with Crippen LogP contribution in [0.5, 0.6) is 0 Å². The Morgan fingerprint density at radius 3 is 2.80 bits per heavy atom. The fourth-order valence-corrected chi connectivity index (χ4v) is 3.74. The molecule has 0 radical (unpaired) electrons.